The third-order valence-electron chi connectivity index (χ3n) is 4.46. The van der Waals surface area contributed by atoms with Gasteiger partial charge in [0.2, 0.25) is 5.91 Å². The van der Waals surface area contributed by atoms with Gasteiger partial charge in [-0.15, -0.1) is 0 Å². The van der Waals surface area contributed by atoms with E-state index in [2.05, 4.69) is 51.6 Å². The second-order valence-corrected chi connectivity index (χ2v) is 6.80. The maximum atomic E-state index is 11.5. The van der Waals surface area contributed by atoms with E-state index < -0.39 is 0 Å². The average Bonchev–Trinajstić information content (AvgIpc) is 3.09. The number of hydrogen-bond donors (Lipinski definition) is 1. The third kappa shape index (κ3) is 2.30. The SMILES string of the molecule is O=C1Cc2cc(C(Br)c3ccc4c(c3)CCC4)ccc2N1. The quantitative estimate of drug-likeness (QED) is 0.816. The highest BCUT2D eigenvalue weighted by atomic mass is 79.9. The minimum absolute atomic E-state index is 0.0887. The van der Waals surface area contributed by atoms with Crippen molar-refractivity contribution in [2.24, 2.45) is 0 Å². The van der Waals surface area contributed by atoms with Gasteiger partial charge in [-0.25, -0.2) is 0 Å². The minimum atomic E-state index is 0.0887. The smallest absolute Gasteiger partial charge is 0.228 e. The molecule has 1 atom stereocenters. The van der Waals surface area contributed by atoms with Gasteiger partial charge in [0, 0.05) is 5.69 Å². The van der Waals surface area contributed by atoms with E-state index in [9.17, 15) is 4.79 Å². The predicted molar refractivity (Wildman–Crippen MR) is 88.0 cm³/mol. The van der Waals surface area contributed by atoms with Crippen LogP contribution in [0.1, 0.15) is 39.1 Å². The number of halogens is 1. The van der Waals surface area contributed by atoms with E-state index in [-0.39, 0.29) is 10.7 Å². The van der Waals surface area contributed by atoms with Crippen molar-refractivity contribution in [3.8, 4) is 0 Å². The molecule has 1 unspecified atom stereocenters. The summed E-state index contributed by atoms with van der Waals surface area (Å²) in [4.78, 5) is 11.6. The number of amides is 1. The molecule has 106 valence electrons. The largest absolute Gasteiger partial charge is 0.326 e. The van der Waals surface area contributed by atoms with Crippen LogP contribution in [0.2, 0.25) is 0 Å². The monoisotopic (exact) mass is 341 g/mol. The number of anilines is 1. The Hall–Kier alpha value is -1.61. The van der Waals surface area contributed by atoms with Gasteiger partial charge in [0.05, 0.1) is 11.2 Å². The van der Waals surface area contributed by atoms with Gasteiger partial charge in [0.1, 0.15) is 0 Å². The minimum Gasteiger partial charge on any atom is -0.326 e. The lowest BCUT2D eigenvalue weighted by atomic mass is 9.98. The van der Waals surface area contributed by atoms with Crippen molar-refractivity contribution in [2.45, 2.75) is 30.5 Å². The number of carbonyl (C=O) groups is 1. The molecule has 2 nitrogen and oxygen atoms in total. The number of carbonyl (C=O) groups excluding carboxylic acids is 1. The second-order valence-electron chi connectivity index (χ2n) is 5.89. The number of fused-ring (bicyclic) bond motifs is 2. The lowest BCUT2D eigenvalue weighted by molar-refractivity contribution is -0.115. The molecule has 1 aliphatic carbocycles. The van der Waals surface area contributed by atoms with Gasteiger partial charge >= 0.3 is 0 Å². The van der Waals surface area contributed by atoms with Crippen LogP contribution in [0.5, 0.6) is 0 Å². The van der Waals surface area contributed by atoms with E-state index in [0.717, 1.165) is 11.3 Å². The summed E-state index contributed by atoms with van der Waals surface area (Å²) in [6, 6.07) is 13.1. The standard InChI is InChI=1S/C18H16BrNO/c19-18(13-5-4-11-2-1-3-12(11)8-13)14-6-7-16-15(9-14)10-17(21)20-16/h4-9,18H,1-3,10H2,(H,20,21). The van der Waals surface area contributed by atoms with Gasteiger partial charge in [-0.05, 0) is 53.1 Å². The molecule has 3 heteroatoms. The van der Waals surface area contributed by atoms with Crippen LogP contribution in [0.3, 0.4) is 0 Å². The first-order chi connectivity index (χ1) is 10.2. The highest BCUT2D eigenvalue weighted by Gasteiger charge is 2.20. The van der Waals surface area contributed by atoms with Crippen LogP contribution in [-0.2, 0) is 24.1 Å². The Labute approximate surface area is 132 Å². The van der Waals surface area contributed by atoms with Gasteiger partial charge in [-0.3, -0.25) is 4.79 Å². The molecule has 21 heavy (non-hydrogen) atoms. The van der Waals surface area contributed by atoms with Crippen LogP contribution in [0.4, 0.5) is 5.69 Å². The first-order valence-corrected chi connectivity index (χ1v) is 8.31. The zero-order valence-corrected chi connectivity index (χ0v) is 13.2. The molecule has 2 aromatic rings. The van der Waals surface area contributed by atoms with Crippen molar-refractivity contribution in [1.29, 1.82) is 0 Å². The molecule has 1 aliphatic heterocycles. The molecule has 1 amide bonds. The van der Waals surface area contributed by atoms with Crippen molar-refractivity contribution >= 4 is 27.5 Å². The number of rotatable bonds is 2. The summed E-state index contributed by atoms with van der Waals surface area (Å²) in [6.07, 6.45) is 4.19. The molecule has 1 N–H and O–H groups in total. The molecule has 2 aliphatic rings. The van der Waals surface area contributed by atoms with Crippen LogP contribution >= 0.6 is 15.9 Å². The van der Waals surface area contributed by atoms with Gasteiger partial charge in [0.25, 0.3) is 0 Å². The van der Waals surface area contributed by atoms with E-state index in [4.69, 9.17) is 0 Å². The predicted octanol–water partition coefficient (Wildman–Crippen LogP) is 4.15. The van der Waals surface area contributed by atoms with E-state index in [1.54, 1.807) is 0 Å². The Morgan fingerprint density at radius 1 is 0.952 bits per heavy atom. The molecule has 0 spiro atoms. The Morgan fingerprint density at radius 3 is 2.52 bits per heavy atom. The first kappa shape index (κ1) is 13.1. The molecular formula is C18H16BrNO. The van der Waals surface area contributed by atoms with E-state index >= 15 is 0 Å². The van der Waals surface area contributed by atoms with Gasteiger partial charge in [-0.1, -0.05) is 46.3 Å². The maximum Gasteiger partial charge on any atom is 0.228 e. The molecule has 0 aromatic heterocycles. The molecule has 1 heterocycles. The third-order valence-corrected chi connectivity index (χ3v) is 5.52. The summed E-state index contributed by atoms with van der Waals surface area (Å²) in [5, 5.41) is 2.88. The first-order valence-electron chi connectivity index (χ1n) is 7.39. The summed E-state index contributed by atoms with van der Waals surface area (Å²) in [7, 11) is 0. The summed E-state index contributed by atoms with van der Waals surface area (Å²) < 4.78 is 0. The number of hydrogen-bond acceptors (Lipinski definition) is 1. The van der Waals surface area contributed by atoms with Crippen molar-refractivity contribution in [3.63, 3.8) is 0 Å². The lowest BCUT2D eigenvalue weighted by Crippen LogP contribution is -2.03. The molecule has 2 aromatic carbocycles. The molecule has 0 saturated carbocycles. The Morgan fingerprint density at radius 2 is 1.67 bits per heavy atom. The highest BCUT2D eigenvalue weighted by molar-refractivity contribution is 9.09. The average molecular weight is 342 g/mol. The summed E-state index contributed by atoms with van der Waals surface area (Å²) in [6.45, 7) is 0. The van der Waals surface area contributed by atoms with E-state index in [1.165, 1.54) is 41.5 Å². The summed E-state index contributed by atoms with van der Waals surface area (Å²) >= 11 is 3.82. The fraction of sp³-hybridized carbons (Fsp3) is 0.278. The second kappa shape index (κ2) is 4.99. The molecule has 4 rings (SSSR count). The number of benzene rings is 2. The van der Waals surface area contributed by atoms with Crippen LogP contribution in [-0.4, -0.2) is 5.91 Å². The highest BCUT2D eigenvalue weighted by Crippen LogP contribution is 2.36. The normalized spacial score (nSPS) is 17.3. The number of nitrogens with one attached hydrogen (secondary N) is 1. The Bertz CT molecular complexity index is 738. The van der Waals surface area contributed by atoms with Crippen LogP contribution in [0.25, 0.3) is 0 Å². The molecule has 0 radical (unpaired) electrons. The zero-order valence-electron chi connectivity index (χ0n) is 11.7. The fourth-order valence-corrected chi connectivity index (χ4v) is 3.92. The van der Waals surface area contributed by atoms with E-state index in [0.29, 0.717) is 6.42 Å². The van der Waals surface area contributed by atoms with Gasteiger partial charge in [0.15, 0.2) is 0 Å². The van der Waals surface area contributed by atoms with Crippen molar-refractivity contribution in [2.75, 3.05) is 5.32 Å². The lowest BCUT2D eigenvalue weighted by Gasteiger charge is -2.13. The molecule has 0 fully saturated rings. The van der Waals surface area contributed by atoms with Crippen LogP contribution < -0.4 is 5.32 Å². The van der Waals surface area contributed by atoms with Crippen molar-refractivity contribution in [3.05, 3.63) is 64.2 Å². The summed E-state index contributed by atoms with van der Waals surface area (Å²) in [5.74, 6) is 0.0887. The van der Waals surface area contributed by atoms with Crippen molar-refractivity contribution in [1.82, 2.24) is 0 Å². The van der Waals surface area contributed by atoms with Crippen LogP contribution in [0.15, 0.2) is 36.4 Å². The molecular weight excluding hydrogens is 326 g/mol. The van der Waals surface area contributed by atoms with Crippen LogP contribution in [0, 0.1) is 0 Å². The fourth-order valence-electron chi connectivity index (χ4n) is 3.35. The number of alkyl halides is 1. The van der Waals surface area contributed by atoms with E-state index in [1.807, 2.05) is 6.07 Å². The van der Waals surface area contributed by atoms with Gasteiger partial charge in [-0.2, -0.15) is 0 Å². The maximum absolute atomic E-state index is 11.5. The number of aryl methyl sites for hydroxylation is 2. The Kier molecular flexibility index (Phi) is 3.11. The summed E-state index contributed by atoms with van der Waals surface area (Å²) in [5.41, 5.74) is 7.56. The zero-order chi connectivity index (χ0) is 14.4. The Balaban J connectivity index is 1.67. The molecule has 0 saturated heterocycles. The van der Waals surface area contributed by atoms with Gasteiger partial charge < -0.3 is 5.32 Å². The topological polar surface area (TPSA) is 29.1 Å². The van der Waals surface area contributed by atoms with Crippen molar-refractivity contribution < 1.29 is 4.79 Å². The molecule has 0 bridgehead atoms.